The second kappa shape index (κ2) is 6.58. The lowest BCUT2D eigenvalue weighted by molar-refractivity contribution is 0.428. The largest absolute Gasteiger partial charge is 0.257 e. The Balaban J connectivity index is 1.85. The topological polar surface area (TPSA) is 12.9 Å². The zero-order chi connectivity index (χ0) is 11.9. The van der Waals surface area contributed by atoms with Crippen LogP contribution in [0.5, 0.6) is 0 Å². The van der Waals surface area contributed by atoms with Crippen LogP contribution in [0.4, 0.5) is 0 Å². The molecule has 0 bridgehead atoms. The number of hydrogen-bond donors (Lipinski definition) is 0. The lowest BCUT2D eigenvalue weighted by atomic mass is 9.85. The zero-order valence-corrected chi connectivity index (χ0v) is 10.9. The van der Waals surface area contributed by atoms with Gasteiger partial charge in [0.15, 0.2) is 0 Å². The summed E-state index contributed by atoms with van der Waals surface area (Å²) >= 11 is 0. The molecular formula is C16H23N. The number of rotatable bonds is 5. The van der Waals surface area contributed by atoms with Crippen LogP contribution in [0, 0.1) is 5.92 Å². The first kappa shape index (κ1) is 12.3. The highest BCUT2D eigenvalue weighted by molar-refractivity contribution is 5.62. The number of nitrogens with zero attached hydrogens (tertiary/aromatic N) is 1. The lowest BCUT2D eigenvalue weighted by Crippen LogP contribution is -2.06. The highest BCUT2D eigenvalue weighted by Crippen LogP contribution is 2.31. The van der Waals surface area contributed by atoms with Crippen molar-refractivity contribution in [2.45, 2.75) is 51.9 Å². The monoisotopic (exact) mass is 229 g/mol. The second-order valence-corrected chi connectivity index (χ2v) is 5.08. The molecule has 1 atom stereocenters. The Morgan fingerprint density at radius 1 is 1.29 bits per heavy atom. The molecule has 0 aliphatic heterocycles. The average Bonchev–Trinajstić information content (AvgIpc) is 2.41. The molecule has 1 aromatic heterocycles. The molecule has 1 heteroatoms. The van der Waals surface area contributed by atoms with Gasteiger partial charge in [-0.05, 0) is 42.9 Å². The Morgan fingerprint density at radius 3 is 2.88 bits per heavy atom. The maximum atomic E-state index is 4.43. The lowest BCUT2D eigenvalue weighted by Gasteiger charge is -2.21. The van der Waals surface area contributed by atoms with E-state index in [9.17, 15) is 0 Å². The summed E-state index contributed by atoms with van der Waals surface area (Å²) in [7, 11) is 0. The Bertz CT molecular complexity index is 353. The van der Waals surface area contributed by atoms with E-state index >= 15 is 0 Å². The zero-order valence-electron chi connectivity index (χ0n) is 10.9. The molecule has 1 aromatic rings. The molecule has 0 N–H and O–H groups in total. The molecule has 1 nitrogen and oxygen atoms in total. The molecule has 0 spiro atoms. The fourth-order valence-electron chi connectivity index (χ4n) is 2.62. The van der Waals surface area contributed by atoms with Crippen molar-refractivity contribution in [2.75, 3.05) is 0 Å². The first-order valence-electron chi connectivity index (χ1n) is 7.00. The van der Waals surface area contributed by atoms with Gasteiger partial charge in [-0.2, -0.15) is 0 Å². The molecule has 0 radical (unpaired) electrons. The van der Waals surface area contributed by atoms with Crippen LogP contribution < -0.4 is 0 Å². The molecule has 1 unspecified atom stereocenters. The van der Waals surface area contributed by atoms with Crippen LogP contribution in [0.2, 0.25) is 0 Å². The molecule has 1 aliphatic rings. The maximum Gasteiger partial charge on any atom is 0.0658 e. The van der Waals surface area contributed by atoms with Crippen LogP contribution in [0.15, 0.2) is 30.5 Å². The van der Waals surface area contributed by atoms with E-state index in [1.54, 1.807) is 0 Å². The van der Waals surface area contributed by atoms with E-state index in [1.807, 2.05) is 12.3 Å². The highest BCUT2D eigenvalue weighted by Gasteiger charge is 2.15. The van der Waals surface area contributed by atoms with E-state index in [2.05, 4.69) is 30.1 Å². The molecule has 0 amide bonds. The molecule has 1 heterocycles. The molecule has 17 heavy (non-hydrogen) atoms. The quantitative estimate of drug-likeness (QED) is 0.658. The fourth-order valence-corrected chi connectivity index (χ4v) is 2.62. The molecule has 92 valence electrons. The summed E-state index contributed by atoms with van der Waals surface area (Å²) in [6, 6.07) is 6.19. The van der Waals surface area contributed by atoms with Crippen LogP contribution >= 0.6 is 0 Å². The number of aromatic nitrogens is 1. The summed E-state index contributed by atoms with van der Waals surface area (Å²) in [5.41, 5.74) is 2.64. The van der Waals surface area contributed by atoms with Gasteiger partial charge < -0.3 is 0 Å². The standard InChI is InChI=1S/C16H23N/c1-2-3-4-7-14-9-11-15(12-10-14)16-8-5-6-13-17-16/h5-6,8,11,13-14H,2-4,7,9-10,12H2,1H3. The van der Waals surface area contributed by atoms with Crippen molar-refractivity contribution in [3.8, 4) is 0 Å². The van der Waals surface area contributed by atoms with Crippen LogP contribution in [-0.2, 0) is 0 Å². The SMILES string of the molecule is CCCCCC1CC=C(c2ccccn2)CC1. The minimum Gasteiger partial charge on any atom is -0.257 e. The van der Waals surface area contributed by atoms with Crippen LogP contribution in [0.3, 0.4) is 0 Å². The van der Waals surface area contributed by atoms with Crippen LogP contribution in [-0.4, -0.2) is 4.98 Å². The van der Waals surface area contributed by atoms with Crippen molar-refractivity contribution in [3.63, 3.8) is 0 Å². The van der Waals surface area contributed by atoms with Crippen molar-refractivity contribution in [1.29, 1.82) is 0 Å². The molecule has 0 saturated heterocycles. The van der Waals surface area contributed by atoms with Crippen LogP contribution in [0.1, 0.15) is 57.6 Å². The van der Waals surface area contributed by atoms with Crippen molar-refractivity contribution >= 4 is 5.57 Å². The predicted molar refractivity (Wildman–Crippen MR) is 73.7 cm³/mol. The Labute approximate surface area is 105 Å². The Hall–Kier alpha value is -1.11. The van der Waals surface area contributed by atoms with Gasteiger partial charge in [0.25, 0.3) is 0 Å². The molecule has 2 rings (SSSR count). The average molecular weight is 229 g/mol. The first-order chi connectivity index (χ1) is 8.40. The predicted octanol–water partition coefficient (Wildman–Crippen LogP) is 4.85. The van der Waals surface area contributed by atoms with E-state index in [0.717, 1.165) is 5.92 Å². The van der Waals surface area contributed by atoms with Crippen LogP contribution in [0.25, 0.3) is 5.57 Å². The summed E-state index contributed by atoms with van der Waals surface area (Å²) in [5.74, 6) is 0.925. The van der Waals surface area contributed by atoms with Gasteiger partial charge in [-0.25, -0.2) is 0 Å². The third-order valence-electron chi connectivity index (χ3n) is 3.73. The summed E-state index contributed by atoms with van der Waals surface area (Å²) < 4.78 is 0. The summed E-state index contributed by atoms with van der Waals surface area (Å²) in [4.78, 5) is 4.43. The fraction of sp³-hybridized carbons (Fsp3) is 0.562. The maximum absolute atomic E-state index is 4.43. The molecular weight excluding hydrogens is 206 g/mol. The van der Waals surface area contributed by atoms with Crippen molar-refractivity contribution < 1.29 is 0 Å². The van der Waals surface area contributed by atoms with Gasteiger partial charge in [-0.1, -0.05) is 44.7 Å². The second-order valence-electron chi connectivity index (χ2n) is 5.08. The number of pyridine rings is 1. The van der Waals surface area contributed by atoms with E-state index in [-0.39, 0.29) is 0 Å². The van der Waals surface area contributed by atoms with E-state index in [0.29, 0.717) is 0 Å². The van der Waals surface area contributed by atoms with E-state index in [4.69, 9.17) is 0 Å². The smallest absolute Gasteiger partial charge is 0.0658 e. The van der Waals surface area contributed by atoms with Gasteiger partial charge in [-0.15, -0.1) is 0 Å². The normalized spacial score (nSPS) is 20.1. The molecule has 0 fully saturated rings. The number of allylic oxidation sites excluding steroid dienone is 2. The number of hydrogen-bond acceptors (Lipinski definition) is 1. The van der Waals surface area contributed by atoms with Gasteiger partial charge in [-0.3, -0.25) is 4.98 Å². The number of unbranched alkanes of at least 4 members (excludes halogenated alkanes) is 2. The summed E-state index contributed by atoms with van der Waals surface area (Å²) in [6.45, 7) is 2.28. The van der Waals surface area contributed by atoms with Crippen molar-refractivity contribution in [3.05, 3.63) is 36.2 Å². The minimum absolute atomic E-state index is 0.925. The minimum atomic E-state index is 0.925. The molecule has 0 saturated carbocycles. The summed E-state index contributed by atoms with van der Waals surface area (Å²) in [5, 5.41) is 0. The van der Waals surface area contributed by atoms with Crippen molar-refractivity contribution in [2.24, 2.45) is 5.92 Å². The molecule has 0 aromatic carbocycles. The van der Waals surface area contributed by atoms with E-state index < -0.39 is 0 Å². The van der Waals surface area contributed by atoms with E-state index in [1.165, 1.54) is 56.2 Å². The van der Waals surface area contributed by atoms with Crippen molar-refractivity contribution in [1.82, 2.24) is 4.98 Å². The van der Waals surface area contributed by atoms with Gasteiger partial charge in [0, 0.05) is 6.20 Å². The Morgan fingerprint density at radius 2 is 2.24 bits per heavy atom. The first-order valence-corrected chi connectivity index (χ1v) is 7.00. The van der Waals surface area contributed by atoms with Gasteiger partial charge in [0.1, 0.15) is 0 Å². The van der Waals surface area contributed by atoms with Gasteiger partial charge in [0.05, 0.1) is 5.69 Å². The summed E-state index contributed by atoms with van der Waals surface area (Å²) in [6.07, 6.45) is 13.7. The molecule has 1 aliphatic carbocycles. The third-order valence-corrected chi connectivity index (χ3v) is 3.73. The highest BCUT2D eigenvalue weighted by atomic mass is 14.7. The Kier molecular flexibility index (Phi) is 4.78. The van der Waals surface area contributed by atoms with Gasteiger partial charge in [0.2, 0.25) is 0 Å². The third kappa shape index (κ3) is 3.69. The van der Waals surface area contributed by atoms with Gasteiger partial charge >= 0.3 is 0 Å².